The van der Waals surface area contributed by atoms with Crippen LogP contribution in [0.4, 0.5) is 4.79 Å². The molecule has 2 atom stereocenters. The summed E-state index contributed by atoms with van der Waals surface area (Å²) >= 11 is 0. The molecule has 6 nitrogen and oxygen atoms in total. The minimum atomic E-state index is -1.41. The first-order valence-corrected chi connectivity index (χ1v) is 19.8. The maximum absolute atomic E-state index is 13.9. The van der Waals surface area contributed by atoms with Crippen molar-refractivity contribution in [2.24, 2.45) is 5.92 Å². The van der Waals surface area contributed by atoms with E-state index in [9.17, 15) is 14.4 Å². The van der Waals surface area contributed by atoms with E-state index in [-0.39, 0.29) is 37.1 Å². The molecule has 1 N–H and O–H groups in total. The highest BCUT2D eigenvalue weighted by molar-refractivity contribution is 6.76. The van der Waals surface area contributed by atoms with Gasteiger partial charge in [-0.25, -0.2) is 4.79 Å². The van der Waals surface area contributed by atoms with Crippen LogP contribution in [-0.4, -0.2) is 45.2 Å². The maximum Gasteiger partial charge on any atom is 0.407 e. The van der Waals surface area contributed by atoms with E-state index in [2.05, 4.69) is 49.2 Å². The van der Waals surface area contributed by atoms with Gasteiger partial charge in [-0.1, -0.05) is 129 Å². The number of hydrogen-bond acceptors (Lipinski definition) is 5. The van der Waals surface area contributed by atoms with Gasteiger partial charge < -0.3 is 14.8 Å². The van der Waals surface area contributed by atoms with Gasteiger partial charge >= 0.3 is 12.1 Å². The highest BCUT2D eigenvalue weighted by Crippen LogP contribution is 2.44. The van der Waals surface area contributed by atoms with Crippen LogP contribution in [0.2, 0.25) is 25.7 Å². The van der Waals surface area contributed by atoms with Crippen molar-refractivity contribution < 1.29 is 23.9 Å². The Morgan fingerprint density at radius 3 is 1.78 bits per heavy atom. The molecule has 1 aliphatic carbocycles. The maximum atomic E-state index is 13.9. The average Bonchev–Trinajstić information content (AvgIpc) is 3.37. The van der Waals surface area contributed by atoms with Crippen LogP contribution >= 0.6 is 0 Å². The zero-order chi connectivity index (χ0) is 32.5. The summed E-state index contributed by atoms with van der Waals surface area (Å²) in [5.74, 6) is -1.38. The van der Waals surface area contributed by atoms with Crippen LogP contribution in [0.3, 0.4) is 0 Å². The Labute approximate surface area is 273 Å². The fourth-order valence-corrected chi connectivity index (χ4v) is 6.69. The van der Waals surface area contributed by atoms with Crippen molar-refractivity contribution in [3.8, 4) is 11.1 Å². The van der Waals surface area contributed by atoms with E-state index in [1.807, 2.05) is 84.9 Å². The molecule has 0 saturated heterocycles. The fourth-order valence-electron chi connectivity index (χ4n) is 5.98. The Bertz CT molecular complexity index is 1590. The van der Waals surface area contributed by atoms with Crippen LogP contribution in [0, 0.1) is 5.92 Å². The van der Waals surface area contributed by atoms with Crippen molar-refractivity contribution in [3.63, 3.8) is 0 Å². The van der Waals surface area contributed by atoms with Crippen molar-refractivity contribution in [1.82, 2.24) is 5.32 Å². The number of carbonyl (C=O) groups excluding carboxylic acids is 3. The molecule has 0 unspecified atom stereocenters. The number of Topliss-reactive ketones (excluding diaryl/α,β-unsaturated/α-hetero) is 1. The number of alkyl carbamates (subject to hydrolysis) is 1. The summed E-state index contributed by atoms with van der Waals surface area (Å²) in [6.07, 6.45) is -0.0519. The second kappa shape index (κ2) is 15.2. The summed E-state index contributed by atoms with van der Waals surface area (Å²) < 4.78 is 11.5. The van der Waals surface area contributed by atoms with Crippen molar-refractivity contribution in [3.05, 3.63) is 131 Å². The number of hydrogen-bond donors (Lipinski definition) is 1. The van der Waals surface area contributed by atoms with Gasteiger partial charge in [0.2, 0.25) is 0 Å². The minimum absolute atomic E-state index is 0.0537. The van der Waals surface area contributed by atoms with Crippen LogP contribution in [-0.2, 0) is 31.9 Å². The lowest BCUT2D eigenvalue weighted by atomic mass is 9.90. The molecule has 0 aliphatic heterocycles. The molecule has 4 aromatic carbocycles. The first-order valence-electron chi connectivity index (χ1n) is 16.1. The van der Waals surface area contributed by atoms with E-state index < -0.39 is 26.1 Å². The van der Waals surface area contributed by atoms with Gasteiger partial charge in [0.05, 0.1) is 18.6 Å². The molecule has 0 heterocycles. The summed E-state index contributed by atoms with van der Waals surface area (Å²) in [6, 6.07) is 35.5. The van der Waals surface area contributed by atoms with Crippen LogP contribution in [0.1, 0.15) is 34.6 Å². The SMILES string of the molecule is C[Si](C)(C)CCOC(=O)[C@@H](CC(=O)[C@H](Cc1ccccc1)NC(=O)OCC1c2ccccc2-c2ccccc21)Cc1ccccc1. The third-order valence-corrected chi connectivity index (χ3v) is 10.2. The Morgan fingerprint density at radius 1 is 0.696 bits per heavy atom. The molecule has 0 aromatic heterocycles. The smallest absolute Gasteiger partial charge is 0.407 e. The third kappa shape index (κ3) is 8.82. The molecule has 0 radical (unpaired) electrons. The summed E-state index contributed by atoms with van der Waals surface area (Å²) in [5, 5.41) is 2.85. The largest absolute Gasteiger partial charge is 0.466 e. The second-order valence-corrected chi connectivity index (χ2v) is 18.9. The number of ketones is 1. The minimum Gasteiger partial charge on any atom is -0.466 e. The van der Waals surface area contributed by atoms with Gasteiger partial charge in [-0.15, -0.1) is 0 Å². The summed E-state index contributed by atoms with van der Waals surface area (Å²) in [6.45, 7) is 7.19. The van der Waals surface area contributed by atoms with Gasteiger partial charge in [0.15, 0.2) is 5.78 Å². The molecule has 238 valence electrons. The number of nitrogens with one attached hydrogen (secondary N) is 1. The molecule has 0 fully saturated rings. The monoisotopic (exact) mass is 633 g/mol. The number of benzene rings is 4. The molecule has 0 spiro atoms. The summed E-state index contributed by atoms with van der Waals surface area (Å²) in [7, 11) is -1.41. The van der Waals surface area contributed by atoms with Crippen molar-refractivity contribution in [2.45, 2.75) is 56.9 Å². The number of amides is 1. The van der Waals surface area contributed by atoms with Crippen molar-refractivity contribution in [2.75, 3.05) is 13.2 Å². The first kappa shape index (κ1) is 32.9. The van der Waals surface area contributed by atoms with Gasteiger partial charge in [-0.05, 0) is 52.3 Å². The lowest BCUT2D eigenvalue weighted by Gasteiger charge is -2.22. The van der Waals surface area contributed by atoms with Gasteiger partial charge in [0.1, 0.15) is 6.61 Å². The highest BCUT2D eigenvalue weighted by atomic mass is 28.3. The third-order valence-electron chi connectivity index (χ3n) is 8.51. The normalized spacial score (nSPS) is 13.6. The Hall–Kier alpha value is -4.49. The number of carbonyl (C=O) groups is 3. The lowest BCUT2D eigenvalue weighted by molar-refractivity contribution is -0.149. The van der Waals surface area contributed by atoms with Crippen LogP contribution < -0.4 is 5.32 Å². The Kier molecular flexibility index (Phi) is 10.9. The van der Waals surface area contributed by atoms with E-state index in [0.717, 1.165) is 39.4 Å². The molecule has 0 saturated carbocycles. The van der Waals surface area contributed by atoms with Crippen molar-refractivity contribution in [1.29, 1.82) is 0 Å². The van der Waals surface area contributed by atoms with Gasteiger partial charge in [0.25, 0.3) is 0 Å². The van der Waals surface area contributed by atoms with Crippen molar-refractivity contribution >= 4 is 25.9 Å². The number of esters is 1. The number of rotatable bonds is 14. The Balaban J connectivity index is 1.29. The standard InChI is InChI=1S/C39H43NO5Si/c1-46(2,3)23-22-44-38(42)30(24-28-14-6-4-7-15-28)26-37(41)36(25-29-16-8-5-9-17-29)40-39(43)45-27-35-33-20-12-10-18-31(33)32-19-11-13-21-34(32)35/h4-21,30,35-36H,22-27H2,1-3H3,(H,40,43)/t30-,36+/m1/s1. The fraction of sp³-hybridized carbons (Fsp3) is 0.308. The van der Waals surface area contributed by atoms with Crippen LogP contribution in [0.5, 0.6) is 0 Å². The van der Waals surface area contributed by atoms with E-state index in [0.29, 0.717) is 13.0 Å². The number of fused-ring (bicyclic) bond motifs is 3. The topological polar surface area (TPSA) is 81.7 Å². The summed E-state index contributed by atoms with van der Waals surface area (Å²) in [4.78, 5) is 40.6. The van der Waals surface area contributed by atoms with E-state index in [4.69, 9.17) is 9.47 Å². The molecule has 1 aliphatic rings. The quantitative estimate of drug-likeness (QED) is 0.113. The zero-order valence-electron chi connectivity index (χ0n) is 26.9. The molecular weight excluding hydrogens is 591 g/mol. The molecule has 7 heteroatoms. The lowest BCUT2D eigenvalue weighted by Crippen LogP contribution is -2.44. The molecule has 0 bridgehead atoms. The van der Waals surface area contributed by atoms with E-state index in [1.54, 1.807) is 0 Å². The molecular formula is C39H43NO5Si. The van der Waals surface area contributed by atoms with Gasteiger partial charge in [-0.3, -0.25) is 9.59 Å². The second-order valence-electron chi connectivity index (χ2n) is 13.2. The van der Waals surface area contributed by atoms with Crippen LogP contribution in [0.25, 0.3) is 11.1 Å². The van der Waals surface area contributed by atoms with E-state index >= 15 is 0 Å². The van der Waals surface area contributed by atoms with Crippen LogP contribution in [0.15, 0.2) is 109 Å². The van der Waals surface area contributed by atoms with E-state index in [1.165, 1.54) is 0 Å². The predicted octanol–water partition coefficient (Wildman–Crippen LogP) is 7.84. The summed E-state index contributed by atoms with van der Waals surface area (Å²) in [5.41, 5.74) is 6.37. The van der Waals surface area contributed by atoms with Gasteiger partial charge in [0, 0.05) is 20.4 Å². The molecule has 46 heavy (non-hydrogen) atoms. The molecule has 5 rings (SSSR count). The molecule has 1 amide bonds. The Morgan fingerprint density at radius 2 is 1.22 bits per heavy atom. The zero-order valence-corrected chi connectivity index (χ0v) is 27.9. The highest BCUT2D eigenvalue weighted by Gasteiger charge is 2.32. The number of ether oxygens (including phenoxy) is 2. The first-order chi connectivity index (χ1) is 22.2. The molecule has 4 aromatic rings. The van der Waals surface area contributed by atoms with Gasteiger partial charge in [-0.2, -0.15) is 0 Å². The average molecular weight is 634 g/mol. The predicted molar refractivity (Wildman–Crippen MR) is 185 cm³/mol.